The Balaban J connectivity index is 1.79. The van der Waals surface area contributed by atoms with Gasteiger partial charge in [-0.1, -0.05) is 0 Å². The summed E-state index contributed by atoms with van der Waals surface area (Å²) < 4.78 is 16.1. The van der Waals surface area contributed by atoms with Crippen LogP contribution in [0.3, 0.4) is 0 Å². The first kappa shape index (κ1) is 11.9. The molecule has 1 saturated heterocycles. The molecule has 0 amide bonds. The van der Waals surface area contributed by atoms with Crippen LogP contribution in [0.15, 0.2) is 0 Å². The smallest absolute Gasteiger partial charge is 0.338 e. The van der Waals surface area contributed by atoms with Gasteiger partial charge in [0.15, 0.2) is 6.10 Å². The van der Waals surface area contributed by atoms with E-state index in [1.807, 2.05) is 13.8 Å². The predicted octanol–water partition coefficient (Wildman–Crippen LogP) is 1.67. The quantitative estimate of drug-likeness (QED) is 0.542. The van der Waals surface area contributed by atoms with Gasteiger partial charge in [0.05, 0.1) is 12.7 Å². The highest BCUT2D eigenvalue weighted by Crippen LogP contribution is 2.49. The van der Waals surface area contributed by atoms with Crippen molar-refractivity contribution in [2.24, 2.45) is 0 Å². The highest BCUT2D eigenvalue weighted by atomic mass is 16.7. The molecule has 2 rings (SSSR count). The zero-order chi connectivity index (χ0) is 11.6. The van der Waals surface area contributed by atoms with Crippen molar-refractivity contribution < 1.29 is 19.0 Å². The van der Waals surface area contributed by atoms with Crippen LogP contribution in [0.2, 0.25) is 0 Å². The fourth-order valence-electron chi connectivity index (χ4n) is 2.54. The zero-order valence-electron chi connectivity index (χ0n) is 10.0. The Morgan fingerprint density at radius 2 is 2.00 bits per heavy atom. The molecule has 4 heteroatoms. The molecule has 1 aliphatic carbocycles. The summed E-state index contributed by atoms with van der Waals surface area (Å²) in [5.41, 5.74) is -0.208. The third kappa shape index (κ3) is 2.23. The molecule has 16 heavy (non-hydrogen) atoms. The van der Waals surface area contributed by atoms with Crippen LogP contribution in [-0.2, 0) is 19.0 Å². The van der Waals surface area contributed by atoms with Crippen molar-refractivity contribution in [3.63, 3.8) is 0 Å². The number of carbonyl (C=O) groups excluding carboxylic acids is 1. The second kappa shape index (κ2) is 4.72. The second-order valence-corrected chi connectivity index (χ2v) is 4.47. The highest BCUT2D eigenvalue weighted by Gasteiger charge is 2.62. The van der Waals surface area contributed by atoms with Gasteiger partial charge in [-0.2, -0.15) is 0 Å². The lowest BCUT2D eigenvalue weighted by molar-refractivity contribution is -0.144. The second-order valence-electron chi connectivity index (χ2n) is 4.47. The van der Waals surface area contributed by atoms with Crippen molar-refractivity contribution in [1.82, 2.24) is 0 Å². The zero-order valence-corrected chi connectivity index (χ0v) is 10.0. The van der Waals surface area contributed by atoms with Crippen molar-refractivity contribution in [3.8, 4) is 0 Å². The average Bonchev–Trinajstić information content (AvgIpc) is 2.97. The predicted molar refractivity (Wildman–Crippen MR) is 58.1 cm³/mol. The van der Waals surface area contributed by atoms with Crippen LogP contribution in [0.1, 0.15) is 39.5 Å². The summed E-state index contributed by atoms with van der Waals surface area (Å²) in [6, 6.07) is 0. The van der Waals surface area contributed by atoms with Gasteiger partial charge in [0.2, 0.25) is 0 Å². The molecule has 1 aliphatic heterocycles. The highest BCUT2D eigenvalue weighted by molar-refractivity contribution is 5.79. The molecule has 0 aromatic rings. The first-order chi connectivity index (χ1) is 7.72. The fourth-order valence-corrected chi connectivity index (χ4v) is 2.54. The third-order valence-electron chi connectivity index (χ3n) is 3.46. The van der Waals surface area contributed by atoms with Crippen LogP contribution >= 0.6 is 0 Å². The Kier molecular flexibility index (Phi) is 3.50. The molecule has 2 fully saturated rings. The first-order valence-electron chi connectivity index (χ1n) is 6.18. The Morgan fingerprint density at radius 3 is 2.56 bits per heavy atom. The molecule has 0 N–H and O–H groups in total. The molecule has 92 valence electrons. The molecule has 1 spiro atoms. The molecule has 4 nitrogen and oxygen atoms in total. The molecule has 2 aliphatic rings. The van der Waals surface area contributed by atoms with E-state index in [1.54, 1.807) is 0 Å². The maximum absolute atomic E-state index is 11.5. The minimum atomic E-state index is -0.310. The van der Waals surface area contributed by atoms with E-state index in [-0.39, 0.29) is 17.7 Å². The van der Waals surface area contributed by atoms with Gasteiger partial charge in [0.25, 0.3) is 0 Å². The Hall–Kier alpha value is -0.610. The summed E-state index contributed by atoms with van der Waals surface area (Å²) in [4.78, 5) is 11.5. The molecular weight excluding hydrogens is 208 g/mol. The van der Waals surface area contributed by atoms with E-state index >= 15 is 0 Å². The summed E-state index contributed by atoms with van der Waals surface area (Å²) in [6.07, 6.45) is 3.85. The summed E-state index contributed by atoms with van der Waals surface area (Å²) >= 11 is 0. The fraction of sp³-hybridized carbons (Fsp3) is 0.917. The molecular formula is C12H20O4. The van der Waals surface area contributed by atoms with Crippen LogP contribution in [-0.4, -0.2) is 37.0 Å². The summed E-state index contributed by atoms with van der Waals surface area (Å²) in [6.45, 7) is 5.02. The maximum atomic E-state index is 11.5. The van der Waals surface area contributed by atoms with Gasteiger partial charge in [-0.25, -0.2) is 4.79 Å². The van der Waals surface area contributed by atoms with E-state index in [0.29, 0.717) is 12.7 Å². The van der Waals surface area contributed by atoms with Crippen LogP contribution in [0, 0.1) is 0 Å². The Morgan fingerprint density at radius 1 is 1.31 bits per heavy atom. The minimum absolute atomic E-state index is 0.197. The standard InChI is InChI=1S/C12H20O4/c1-3-14-9-5-7-12(8-6-9)10(16-12)11(13)15-4-2/h9-10H,3-8H2,1-2H3. The molecule has 0 aromatic carbocycles. The maximum Gasteiger partial charge on any atom is 0.338 e. The average molecular weight is 228 g/mol. The van der Waals surface area contributed by atoms with Gasteiger partial charge < -0.3 is 14.2 Å². The third-order valence-corrected chi connectivity index (χ3v) is 3.46. The van der Waals surface area contributed by atoms with Gasteiger partial charge in [0, 0.05) is 6.61 Å². The number of hydrogen-bond acceptors (Lipinski definition) is 4. The van der Waals surface area contributed by atoms with E-state index in [9.17, 15) is 4.79 Å². The largest absolute Gasteiger partial charge is 0.464 e. The lowest BCUT2D eigenvalue weighted by atomic mass is 9.84. The first-order valence-corrected chi connectivity index (χ1v) is 6.18. The van der Waals surface area contributed by atoms with E-state index < -0.39 is 0 Å². The van der Waals surface area contributed by atoms with Crippen molar-refractivity contribution in [2.75, 3.05) is 13.2 Å². The van der Waals surface area contributed by atoms with E-state index in [2.05, 4.69) is 0 Å². The summed E-state index contributed by atoms with van der Waals surface area (Å²) in [7, 11) is 0. The van der Waals surface area contributed by atoms with Gasteiger partial charge in [-0.3, -0.25) is 0 Å². The van der Waals surface area contributed by atoms with Gasteiger partial charge in [0.1, 0.15) is 5.60 Å². The van der Waals surface area contributed by atoms with E-state index in [1.165, 1.54) is 0 Å². The minimum Gasteiger partial charge on any atom is -0.464 e. The van der Waals surface area contributed by atoms with Crippen LogP contribution in [0.4, 0.5) is 0 Å². The molecule has 0 radical (unpaired) electrons. The topological polar surface area (TPSA) is 48.1 Å². The van der Waals surface area contributed by atoms with Crippen LogP contribution < -0.4 is 0 Å². The lowest BCUT2D eigenvalue weighted by Crippen LogP contribution is -2.31. The lowest BCUT2D eigenvalue weighted by Gasteiger charge is -2.26. The van der Waals surface area contributed by atoms with E-state index in [0.717, 1.165) is 32.3 Å². The summed E-state index contributed by atoms with van der Waals surface area (Å²) in [5, 5.41) is 0. The monoisotopic (exact) mass is 228 g/mol. The number of ether oxygens (including phenoxy) is 3. The molecule has 0 aromatic heterocycles. The van der Waals surface area contributed by atoms with Gasteiger partial charge in [-0.15, -0.1) is 0 Å². The molecule has 1 atom stereocenters. The normalized spacial score (nSPS) is 37.4. The number of rotatable bonds is 4. The van der Waals surface area contributed by atoms with Crippen molar-refractivity contribution in [1.29, 1.82) is 0 Å². The van der Waals surface area contributed by atoms with Gasteiger partial charge in [-0.05, 0) is 39.5 Å². The van der Waals surface area contributed by atoms with Crippen molar-refractivity contribution >= 4 is 5.97 Å². The number of esters is 1. The summed E-state index contributed by atoms with van der Waals surface area (Å²) in [5.74, 6) is -0.197. The molecule has 1 saturated carbocycles. The number of epoxide rings is 1. The number of hydrogen-bond donors (Lipinski definition) is 0. The van der Waals surface area contributed by atoms with Crippen LogP contribution in [0.5, 0.6) is 0 Å². The van der Waals surface area contributed by atoms with Crippen molar-refractivity contribution in [2.45, 2.75) is 57.3 Å². The number of carbonyl (C=O) groups is 1. The molecule has 1 unspecified atom stereocenters. The van der Waals surface area contributed by atoms with Gasteiger partial charge >= 0.3 is 5.97 Å². The molecule has 1 heterocycles. The SMILES string of the molecule is CCOC(=O)C1OC12CCC(OCC)CC2. The van der Waals surface area contributed by atoms with Crippen LogP contribution in [0.25, 0.3) is 0 Å². The molecule has 0 bridgehead atoms. The van der Waals surface area contributed by atoms with E-state index in [4.69, 9.17) is 14.2 Å². The Bertz CT molecular complexity index is 256. The Labute approximate surface area is 96.2 Å². The van der Waals surface area contributed by atoms with Crippen molar-refractivity contribution in [3.05, 3.63) is 0 Å².